The second-order valence-electron chi connectivity index (χ2n) is 4.22. The average molecular weight is 231 g/mol. The third-order valence-electron chi connectivity index (χ3n) is 3.75. The van der Waals surface area contributed by atoms with E-state index in [2.05, 4.69) is 36.8 Å². The summed E-state index contributed by atoms with van der Waals surface area (Å²) >= 11 is 0. The van der Waals surface area contributed by atoms with Crippen molar-refractivity contribution in [3.8, 4) is 0 Å². The topological polar surface area (TPSA) is 6.48 Å². The van der Waals surface area contributed by atoms with Crippen molar-refractivity contribution in [1.29, 1.82) is 0 Å². The van der Waals surface area contributed by atoms with Gasteiger partial charge < -0.3 is 9.13 Å². The van der Waals surface area contributed by atoms with Crippen molar-refractivity contribution in [2.24, 2.45) is 0 Å². The molecule has 1 aliphatic rings. The standard InChI is InChI=1S/C10H26N2Si2/c1-5-11(6-2)13-9-14(10-13)12(7-3)8-4/h13-14H,5-10H2,1-4H3. The first-order valence-electron chi connectivity index (χ1n) is 6.24. The lowest BCUT2D eigenvalue weighted by molar-refractivity contribution is 0.453. The molecule has 1 aliphatic heterocycles. The van der Waals surface area contributed by atoms with Gasteiger partial charge in [-0.15, -0.1) is 0 Å². The van der Waals surface area contributed by atoms with E-state index in [4.69, 9.17) is 0 Å². The van der Waals surface area contributed by atoms with E-state index < -0.39 is 17.9 Å². The fourth-order valence-electron chi connectivity index (χ4n) is 2.64. The second-order valence-corrected chi connectivity index (χ2v) is 12.1. The van der Waals surface area contributed by atoms with Gasteiger partial charge in [-0.3, -0.25) is 0 Å². The van der Waals surface area contributed by atoms with Gasteiger partial charge in [-0.25, -0.2) is 0 Å². The number of hydrogen-bond donors (Lipinski definition) is 0. The van der Waals surface area contributed by atoms with Gasteiger partial charge in [-0.2, -0.15) is 0 Å². The summed E-state index contributed by atoms with van der Waals surface area (Å²) in [7, 11) is -0.808. The molecule has 4 heteroatoms. The summed E-state index contributed by atoms with van der Waals surface area (Å²) in [6.07, 6.45) is 0. The minimum Gasteiger partial charge on any atom is -0.327 e. The maximum atomic E-state index is 2.77. The molecule has 0 aromatic heterocycles. The van der Waals surface area contributed by atoms with Crippen LogP contribution in [0.3, 0.4) is 0 Å². The van der Waals surface area contributed by atoms with Crippen LogP contribution in [0.5, 0.6) is 0 Å². The quantitative estimate of drug-likeness (QED) is 0.633. The summed E-state index contributed by atoms with van der Waals surface area (Å²) in [5.74, 6) is 0. The van der Waals surface area contributed by atoms with Crippen LogP contribution in [0.1, 0.15) is 27.7 Å². The zero-order chi connectivity index (χ0) is 10.6. The van der Waals surface area contributed by atoms with Crippen LogP contribution in [-0.2, 0) is 0 Å². The summed E-state index contributed by atoms with van der Waals surface area (Å²) in [6, 6.07) is 0. The summed E-state index contributed by atoms with van der Waals surface area (Å²) in [5.41, 5.74) is 3.34. The molecule has 2 nitrogen and oxygen atoms in total. The molecule has 0 atom stereocenters. The minimum absolute atomic E-state index is 0.404. The number of rotatable bonds is 6. The van der Waals surface area contributed by atoms with Crippen LogP contribution in [0.2, 0.25) is 11.3 Å². The Hall–Kier alpha value is 0.354. The number of hydrogen-bond acceptors (Lipinski definition) is 2. The van der Waals surface area contributed by atoms with E-state index in [1.807, 2.05) is 0 Å². The lowest BCUT2D eigenvalue weighted by atomic mass is 10.7. The number of nitrogens with zero attached hydrogens (tertiary/aromatic N) is 2. The van der Waals surface area contributed by atoms with Crippen molar-refractivity contribution in [1.82, 2.24) is 9.13 Å². The molecule has 0 aromatic rings. The zero-order valence-electron chi connectivity index (χ0n) is 10.3. The lowest BCUT2D eigenvalue weighted by Crippen LogP contribution is -2.59. The third-order valence-corrected chi connectivity index (χ3v) is 16.0. The molecule has 0 N–H and O–H groups in total. The van der Waals surface area contributed by atoms with Crippen LogP contribution in [0, 0.1) is 0 Å². The van der Waals surface area contributed by atoms with Gasteiger partial charge in [0.1, 0.15) is 17.9 Å². The minimum atomic E-state index is -0.404. The van der Waals surface area contributed by atoms with Crippen molar-refractivity contribution in [3.63, 3.8) is 0 Å². The molecule has 0 aromatic carbocycles. The van der Waals surface area contributed by atoms with Gasteiger partial charge in [0.2, 0.25) is 0 Å². The molecule has 0 aliphatic carbocycles. The van der Waals surface area contributed by atoms with E-state index >= 15 is 0 Å². The fraction of sp³-hybridized carbons (Fsp3) is 1.00. The van der Waals surface area contributed by atoms with Crippen LogP contribution >= 0.6 is 0 Å². The van der Waals surface area contributed by atoms with Gasteiger partial charge in [0.25, 0.3) is 0 Å². The Morgan fingerprint density at radius 3 is 1.21 bits per heavy atom. The first-order valence-corrected chi connectivity index (χ1v) is 10.5. The molecule has 1 heterocycles. The Labute approximate surface area is 92.7 Å². The zero-order valence-corrected chi connectivity index (χ0v) is 12.6. The molecule has 84 valence electrons. The molecule has 1 fully saturated rings. The second kappa shape index (κ2) is 6.05. The van der Waals surface area contributed by atoms with Crippen LogP contribution in [0.4, 0.5) is 0 Å². The molecule has 1 rings (SSSR count). The highest BCUT2D eigenvalue weighted by Crippen LogP contribution is 2.25. The largest absolute Gasteiger partial charge is 0.327 e. The van der Waals surface area contributed by atoms with Gasteiger partial charge >= 0.3 is 0 Å². The smallest absolute Gasteiger partial charge is 0.108 e. The Bertz CT molecular complexity index is 136. The molecular weight excluding hydrogens is 204 g/mol. The van der Waals surface area contributed by atoms with Gasteiger partial charge in [-0.05, 0) is 37.5 Å². The molecule has 14 heavy (non-hydrogen) atoms. The van der Waals surface area contributed by atoms with Crippen molar-refractivity contribution in [2.45, 2.75) is 39.0 Å². The maximum Gasteiger partial charge on any atom is 0.108 e. The van der Waals surface area contributed by atoms with Gasteiger partial charge in [0.15, 0.2) is 0 Å². The summed E-state index contributed by atoms with van der Waals surface area (Å²) in [6.45, 7) is 14.5. The highest BCUT2D eigenvalue weighted by Gasteiger charge is 2.37. The maximum absolute atomic E-state index is 2.77. The molecule has 0 saturated carbocycles. The third kappa shape index (κ3) is 2.69. The van der Waals surface area contributed by atoms with Crippen LogP contribution < -0.4 is 0 Å². The summed E-state index contributed by atoms with van der Waals surface area (Å²) < 4.78 is 5.54. The van der Waals surface area contributed by atoms with E-state index in [1.165, 1.54) is 26.2 Å². The first-order chi connectivity index (χ1) is 6.76. The molecule has 0 radical (unpaired) electrons. The molecule has 1 saturated heterocycles. The normalized spacial score (nSPS) is 27.0. The SMILES string of the molecule is CCN(CC)[SiH]1C[SiH](N(CC)CC)C1. The van der Waals surface area contributed by atoms with Gasteiger partial charge in [0.05, 0.1) is 0 Å². The van der Waals surface area contributed by atoms with Crippen LogP contribution in [0.25, 0.3) is 0 Å². The predicted molar refractivity (Wildman–Crippen MR) is 69.8 cm³/mol. The van der Waals surface area contributed by atoms with E-state index in [0.717, 1.165) is 0 Å². The Balaban J connectivity index is 2.28. The van der Waals surface area contributed by atoms with Crippen molar-refractivity contribution >= 4 is 17.9 Å². The molecule has 0 amide bonds. The Morgan fingerprint density at radius 1 is 0.714 bits per heavy atom. The molecule has 0 spiro atoms. The van der Waals surface area contributed by atoms with E-state index in [-0.39, 0.29) is 0 Å². The molecular formula is C10H26N2Si2. The van der Waals surface area contributed by atoms with Crippen molar-refractivity contribution < 1.29 is 0 Å². The van der Waals surface area contributed by atoms with Crippen molar-refractivity contribution in [3.05, 3.63) is 0 Å². The highest BCUT2D eigenvalue weighted by molar-refractivity contribution is 6.92. The predicted octanol–water partition coefficient (Wildman–Crippen LogP) is 1.21. The lowest BCUT2D eigenvalue weighted by Gasteiger charge is -2.44. The van der Waals surface area contributed by atoms with E-state index in [1.54, 1.807) is 11.3 Å². The van der Waals surface area contributed by atoms with Crippen LogP contribution in [-0.4, -0.2) is 53.2 Å². The van der Waals surface area contributed by atoms with Crippen LogP contribution in [0.15, 0.2) is 0 Å². The van der Waals surface area contributed by atoms with Crippen molar-refractivity contribution in [2.75, 3.05) is 26.2 Å². The van der Waals surface area contributed by atoms with Gasteiger partial charge in [-0.1, -0.05) is 27.7 Å². The molecule has 0 unspecified atom stereocenters. The van der Waals surface area contributed by atoms with Gasteiger partial charge in [0, 0.05) is 0 Å². The summed E-state index contributed by atoms with van der Waals surface area (Å²) in [4.78, 5) is 0. The average Bonchev–Trinajstić information content (AvgIpc) is 2.16. The Kier molecular flexibility index (Phi) is 5.37. The monoisotopic (exact) mass is 230 g/mol. The first kappa shape index (κ1) is 12.4. The van der Waals surface area contributed by atoms with E-state index in [9.17, 15) is 0 Å². The fourth-order valence-corrected chi connectivity index (χ4v) is 13.9. The molecule has 0 bridgehead atoms. The summed E-state index contributed by atoms with van der Waals surface area (Å²) in [5, 5.41) is 0. The van der Waals surface area contributed by atoms with E-state index in [0.29, 0.717) is 0 Å². The Morgan fingerprint density at radius 2 is 1.00 bits per heavy atom. The highest BCUT2D eigenvalue weighted by atomic mass is 28.4.